The van der Waals surface area contributed by atoms with E-state index in [1.807, 2.05) is 20.8 Å². The van der Waals surface area contributed by atoms with Crippen molar-refractivity contribution in [3.63, 3.8) is 0 Å². The van der Waals surface area contributed by atoms with Gasteiger partial charge in [-0.15, -0.1) is 0 Å². The van der Waals surface area contributed by atoms with Crippen molar-refractivity contribution in [3.05, 3.63) is 0 Å². The lowest BCUT2D eigenvalue weighted by atomic mass is 9.94. The normalized spacial score (nSPS) is 12.6. The molecule has 0 fully saturated rings. The fourth-order valence-electron chi connectivity index (χ4n) is 2.23. The summed E-state index contributed by atoms with van der Waals surface area (Å²) in [6, 6.07) is 0.0321. The van der Waals surface area contributed by atoms with Crippen molar-refractivity contribution in [1.29, 1.82) is 0 Å². The molecule has 0 aromatic heterocycles. The second-order valence-electron chi connectivity index (χ2n) is 5.66. The van der Waals surface area contributed by atoms with Gasteiger partial charge in [-0.3, -0.25) is 4.79 Å². The lowest BCUT2D eigenvalue weighted by molar-refractivity contribution is -0.138. The van der Waals surface area contributed by atoms with E-state index in [0.29, 0.717) is 19.0 Å². The first-order chi connectivity index (χ1) is 8.77. The highest BCUT2D eigenvalue weighted by atomic mass is 16.4. The molecule has 0 aromatic rings. The van der Waals surface area contributed by atoms with Crippen molar-refractivity contribution in [2.45, 2.75) is 53.5 Å². The Morgan fingerprint density at radius 1 is 1.21 bits per heavy atom. The zero-order chi connectivity index (χ0) is 15.0. The summed E-state index contributed by atoms with van der Waals surface area (Å²) in [5.41, 5.74) is 0. The first-order valence-corrected chi connectivity index (χ1v) is 7.04. The Bertz CT molecular complexity index is 290. The van der Waals surface area contributed by atoms with Crippen LogP contribution in [0, 0.1) is 11.8 Å². The van der Waals surface area contributed by atoms with E-state index in [2.05, 4.69) is 19.2 Å². The number of hydrogen-bond donors (Lipinski definition) is 2. The van der Waals surface area contributed by atoms with Gasteiger partial charge in [0.05, 0.1) is 0 Å². The number of amides is 2. The van der Waals surface area contributed by atoms with Gasteiger partial charge >= 0.3 is 12.0 Å². The molecule has 0 aromatic carbocycles. The van der Waals surface area contributed by atoms with Crippen molar-refractivity contribution in [3.8, 4) is 0 Å². The number of carbonyl (C=O) groups excluding carboxylic acids is 1. The predicted molar refractivity (Wildman–Crippen MR) is 76.1 cm³/mol. The van der Waals surface area contributed by atoms with Crippen molar-refractivity contribution in [2.75, 3.05) is 13.1 Å². The van der Waals surface area contributed by atoms with Gasteiger partial charge in [-0.25, -0.2) is 4.79 Å². The van der Waals surface area contributed by atoms with Crippen molar-refractivity contribution < 1.29 is 14.7 Å². The van der Waals surface area contributed by atoms with Gasteiger partial charge in [0.1, 0.15) is 0 Å². The molecule has 0 saturated carbocycles. The third-order valence-corrected chi connectivity index (χ3v) is 3.03. The summed E-state index contributed by atoms with van der Waals surface area (Å²) in [5.74, 6) is -0.392. The van der Waals surface area contributed by atoms with E-state index in [1.165, 1.54) is 0 Å². The largest absolute Gasteiger partial charge is 0.481 e. The minimum Gasteiger partial charge on any atom is -0.481 e. The minimum absolute atomic E-state index is 0.00711. The third kappa shape index (κ3) is 7.70. The van der Waals surface area contributed by atoms with Crippen LogP contribution in [0.4, 0.5) is 4.79 Å². The molecule has 0 bridgehead atoms. The first kappa shape index (κ1) is 17.7. The Hall–Kier alpha value is -1.26. The monoisotopic (exact) mass is 272 g/mol. The van der Waals surface area contributed by atoms with E-state index >= 15 is 0 Å². The molecule has 112 valence electrons. The van der Waals surface area contributed by atoms with Crippen LogP contribution in [0.25, 0.3) is 0 Å². The SMILES string of the molecule is CCN(C(=O)NC[C@H](CC(=O)O)CC(C)C)C(C)C. The summed E-state index contributed by atoms with van der Waals surface area (Å²) in [6.07, 6.45) is 0.909. The van der Waals surface area contributed by atoms with Crippen LogP contribution in [-0.2, 0) is 4.79 Å². The van der Waals surface area contributed by atoms with Crippen LogP contribution >= 0.6 is 0 Å². The van der Waals surface area contributed by atoms with Gasteiger partial charge in [0.15, 0.2) is 0 Å². The van der Waals surface area contributed by atoms with Crippen molar-refractivity contribution in [1.82, 2.24) is 10.2 Å². The van der Waals surface area contributed by atoms with Gasteiger partial charge in [0, 0.05) is 25.6 Å². The molecule has 1 atom stereocenters. The summed E-state index contributed by atoms with van der Waals surface area (Å²) in [4.78, 5) is 24.5. The van der Waals surface area contributed by atoms with Gasteiger partial charge in [-0.2, -0.15) is 0 Å². The smallest absolute Gasteiger partial charge is 0.317 e. The van der Waals surface area contributed by atoms with Crippen LogP contribution in [0.2, 0.25) is 0 Å². The number of carboxylic acids is 1. The summed E-state index contributed by atoms with van der Waals surface area (Å²) in [7, 11) is 0. The third-order valence-electron chi connectivity index (χ3n) is 3.03. The maximum Gasteiger partial charge on any atom is 0.317 e. The van der Waals surface area contributed by atoms with E-state index in [0.717, 1.165) is 6.42 Å². The molecule has 5 heteroatoms. The molecule has 0 aliphatic rings. The molecular weight excluding hydrogens is 244 g/mol. The second-order valence-corrected chi connectivity index (χ2v) is 5.66. The number of aliphatic carboxylic acids is 1. The fraction of sp³-hybridized carbons (Fsp3) is 0.857. The second kappa shape index (κ2) is 8.77. The summed E-state index contributed by atoms with van der Waals surface area (Å²) >= 11 is 0. The highest BCUT2D eigenvalue weighted by molar-refractivity contribution is 5.74. The summed E-state index contributed by atoms with van der Waals surface area (Å²) in [5, 5.41) is 11.7. The molecule has 19 heavy (non-hydrogen) atoms. The standard InChI is InChI=1S/C14H28N2O3/c1-6-16(11(4)5)14(19)15-9-12(7-10(2)3)8-13(17)18/h10-12H,6-9H2,1-5H3,(H,15,19)(H,17,18)/t12-/m0/s1. The highest BCUT2D eigenvalue weighted by Crippen LogP contribution is 2.15. The molecular formula is C14H28N2O3. The zero-order valence-electron chi connectivity index (χ0n) is 12.8. The number of rotatable bonds is 8. The molecule has 5 nitrogen and oxygen atoms in total. The Balaban J connectivity index is 4.36. The zero-order valence-corrected chi connectivity index (χ0v) is 12.8. The average Bonchev–Trinajstić information content (AvgIpc) is 2.24. The molecule has 0 saturated heterocycles. The quantitative estimate of drug-likeness (QED) is 0.713. The van der Waals surface area contributed by atoms with Gasteiger partial charge in [0.25, 0.3) is 0 Å². The van der Waals surface area contributed by atoms with E-state index in [1.54, 1.807) is 4.90 Å². The number of carbonyl (C=O) groups is 2. The van der Waals surface area contributed by atoms with Gasteiger partial charge in [-0.05, 0) is 39.0 Å². The molecule has 2 amide bonds. The lowest BCUT2D eigenvalue weighted by Crippen LogP contribution is -2.45. The Morgan fingerprint density at radius 3 is 2.16 bits per heavy atom. The van der Waals surface area contributed by atoms with E-state index < -0.39 is 5.97 Å². The highest BCUT2D eigenvalue weighted by Gasteiger charge is 2.19. The maximum atomic E-state index is 12.0. The van der Waals surface area contributed by atoms with Crippen molar-refractivity contribution in [2.24, 2.45) is 11.8 Å². The number of nitrogens with one attached hydrogen (secondary N) is 1. The Morgan fingerprint density at radius 2 is 1.79 bits per heavy atom. The lowest BCUT2D eigenvalue weighted by Gasteiger charge is -2.27. The summed E-state index contributed by atoms with van der Waals surface area (Å²) in [6.45, 7) is 11.1. The van der Waals surface area contributed by atoms with Gasteiger partial charge < -0.3 is 15.3 Å². The Labute approximate surface area is 116 Å². The number of nitrogens with zero attached hydrogens (tertiary/aromatic N) is 1. The average molecular weight is 272 g/mol. The number of carboxylic acid groups (broad SMARTS) is 1. The molecule has 0 heterocycles. The number of urea groups is 1. The van der Waals surface area contributed by atoms with Crippen LogP contribution in [0.5, 0.6) is 0 Å². The van der Waals surface area contributed by atoms with Gasteiger partial charge in [-0.1, -0.05) is 13.8 Å². The summed E-state index contributed by atoms with van der Waals surface area (Å²) < 4.78 is 0. The number of hydrogen-bond acceptors (Lipinski definition) is 2. The van der Waals surface area contributed by atoms with Crippen LogP contribution in [0.15, 0.2) is 0 Å². The fourth-order valence-corrected chi connectivity index (χ4v) is 2.23. The van der Waals surface area contributed by atoms with Crippen molar-refractivity contribution >= 4 is 12.0 Å². The van der Waals surface area contributed by atoms with Crippen LogP contribution in [-0.4, -0.2) is 41.1 Å². The van der Waals surface area contributed by atoms with E-state index in [4.69, 9.17) is 5.11 Å². The molecule has 0 unspecified atom stereocenters. The van der Waals surface area contributed by atoms with Crippen LogP contribution in [0.3, 0.4) is 0 Å². The topological polar surface area (TPSA) is 69.6 Å². The molecule has 0 aliphatic heterocycles. The van der Waals surface area contributed by atoms with E-state index in [-0.39, 0.29) is 24.4 Å². The predicted octanol–water partition coefficient (Wildman–Crippen LogP) is 2.56. The molecule has 0 radical (unpaired) electrons. The first-order valence-electron chi connectivity index (χ1n) is 7.04. The minimum atomic E-state index is -0.809. The maximum absolute atomic E-state index is 12.0. The van der Waals surface area contributed by atoms with Crippen LogP contribution in [0.1, 0.15) is 47.5 Å². The Kier molecular flexibility index (Phi) is 8.19. The molecule has 0 aliphatic carbocycles. The van der Waals surface area contributed by atoms with Gasteiger partial charge in [0.2, 0.25) is 0 Å². The molecule has 0 spiro atoms. The van der Waals surface area contributed by atoms with Crippen LogP contribution < -0.4 is 5.32 Å². The molecule has 0 rings (SSSR count). The van der Waals surface area contributed by atoms with E-state index in [9.17, 15) is 9.59 Å². The molecule has 2 N–H and O–H groups in total.